The third-order valence-corrected chi connectivity index (χ3v) is 8.05. The van der Waals surface area contributed by atoms with Gasteiger partial charge in [-0.2, -0.15) is 9.57 Å². The molecule has 1 aliphatic rings. The molecular formula is C21H21Cl2N3O3S. The molecular weight excluding hydrogens is 445 g/mol. The molecule has 158 valence electrons. The lowest BCUT2D eigenvalue weighted by molar-refractivity contribution is -0.135. The molecule has 6 nitrogen and oxygen atoms in total. The van der Waals surface area contributed by atoms with E-state index in [1.165, 1.54) is 16.4 Å². The second-order valence-corrected chi connectivity index (χ2v) is 9.92. The van der Waals surface area contributed by atoms with Crippen LogP contribution < -0.4 is 0 Å². The number of nitrogens with zero attached hydrogens (tertiary/aromatic N) is 3. The van der Waals surface area contributed by atoms with Crippen LogP contribution in [0.1, 0.15) is 24.0 Å². The van der Waals surface area contributed by atoms with Gasteiger partial charge in [-0.1, -0.05) is 41.4 Å². The Morgan fingerprint density at radius 3 is 2.23 bits per heavy atom. The molecule has 1 saturated heterocycles. The predicted octanol–water partition coefficient (Wildman–Crippen LogP) is 3.92. The number of piperidine rings is 1. The molecule has 0 atom stereocenters. The first kappa shape index (κ1) is 22.6. The Hall–Kier alpha value is -2.11. The number of halogens is 2. The summed E-state index contributed by atoms with van der Waals surface area (Å²) in [5.74, 6) is -0.270. The summed E-state index contributed by atoms with van der Waals surface area (Å²) in [7, 11) is -2.10. The molecule has 0 saturated carbocycles. The van der Waals surface area contributed by atoms with Gasteiger partial charge < -0.3 is 4.90 Å². The summed E-state index contributed by atoms with van der Waals surface area (Å²) in [5, 5.41) is 9.05. The minimum Gasteiger partial charge on any atom is -0.341 e. The zero-order chi connectivity index (χ0) is 21.9. The van der Waals surface area contributed by atoms with Crippen LogP contribution in [-0.4, -0.2) is 43.7 Å². The highest BCUT2D eigenvalue weighted by atomic mass is 35.5. The molecule has 1 heterocycles. The maximum atomic E-state index is 13.0. The number of rotatable bonds is 5. The Morgan fingerprint density at radius 2 is 1.70 bits per heavy atom. The van der Waals surface area contributed by atoms with E-state index < -0.39 is 10.0 Å². The lowest BCUT2D eigenvalue weighted by Crippen LogP contribution is -2.43. The molecule has 1 fully saturated rings. The molecule has 30 heavy (non-hydrogen) atoms. The highest BCUT2D eigenvalue weighted by Crippen LogP contribution is 2.33. The van der Waals surface area contributed by atoms with E-state index in [2.05, 4.69) is 6.07 Å². The standard InChI is InChI=1S/C21H21Cl2N3O3S/c1-25(14-16-7-5-15(13-24)6-8-16)21(27)17-9-11-26(12-10-17)30(28,29)20-18(22)3-2-4-19(20)23/h2-8,17H,9-12,14H2,1H3. The van der Waals surface area contributed by atoms with Crippen molar-refractivity contribution in [3.63, 3.8) is 0 Å². The van der Waals surface area contributed by atoms with Gasteiger partial charge in [0.1, 0.15) is 4.90 Å². The van der Waals surface area contributed by atoms with Crippen molar-refractivity contribution in [3.05, 3.63) is 63.6 Å². The first-order chi connectivity index (χ1) is 14.2. The number of carbonyl (C=O) groups is 1. The van der Waals surface area contributed by atoms with E-state index in [1.54, 1.807) is 30.1 Å². The first-order valence-electron chi connectivity index (χ1n) is 9.42. The van der Waals surface area contributed by atoms with Gasteiger partial charge in [0.05, 0.1) is 21.7 Å². The molecule has 3 rings (SSSR count). The number of benzene rings is 2. The maximum Gasteiger partial charge on any atom is 0.246 e. The molecule has 0 aromatic heterocycles. The second kappa shape index (κ2) is 9.36. The van der Waals surface area contributed by atoms with Gasteiger partial charge in [-0.25, -0.2) is 8.42 Å². The average molecular weight is 466 g/mol. The minimum atomic E-state index is -3.83. The van der Waals surface area contributed by atoms with Gasteiger partial charge >= 0.3 is 0 Å². The van der Waals surface area contributed by atoms with E-state index in [0.717, 1.165) is 5.56 Å². The van der Waals surface area contributed by atoms with Crippen LogP contribution in [0, 0.1) is 17.2 Å². The Labute approximate surface area is 186 Å². The van der Waals surface area contributed by atoms with E-state index in [1.807, 2.05) is 12.1 Å². The Kier molecular flexibility index (Phi) is 7.04. The van der Waals surface area contributed by atoms with E-state index >= 15 is 0 Å². The van der Waals surface area contributed by atoms with Crippen molar-refractivity contribution in [3.8, 4) is 6.07 Å². The zero-order valence-corrected chi connectivity index (χ0v) is 18.7. The lowest BCUT2D eigenvalue weighted by Gasteiger charge is -2.32. The van der Waals surface area contributed by atoms with Crippen LogP contribution in [0.4, 0.5) is 0 Å². The van der Waals surface area contributed by atoms with Crippen molar-refractivity contribution in [2.45, 2.75) is 24.3 Å². The number of hydrogen-bond acceptors (Lipinski definition) is 4. The molecule has 0 radical (unpaired) electrons. The topological polar surface area (TPSA) is 81.5 Å². The van der Waals surface area contributed by atoms with Gasteiger partial charge in [0.15, 0.2) is 0 Å². The maximum absolute atomic E-state index is 13.0. The summed E-state index contributed by atoms with van der Waals surface area (Å²) in [5.41, 5.74) is 1.50. The number of sulfonamides is 1. The van der Waals surface area contributed by atoms with Gasteiger partial charge in [0.2, 0.25) is 15.9 Å². The predicted molar refractivity (Wildman–Crippen MR) is 116 cm³/mol. The van der Waals surface area contributed by atoms with Crippen LogP contribution in [0.15, 0.2) is 47.4 Å². The Balaban J connectivity index is 1.63. The van der Waals surface area contributed by atoms with E-state index in [9.17, 15) is 13.2 Å². The minimum absolute atomic E-state index is 0.0211. The molecule has 2 aromatic rings. The molecule has 0 bridgehead atoms. The van der Waals surface area contributed by atoms with Gasteiger partial charge in [-0.3, -0.25) is 4.79 Å². The number of carbonyl (C=O) groups excluding carboxylic acids is 1. The van der Waals surface area contributed by atoms with E-state index in [4.69, 9.17) is 28.5 Å². The molecule has 1 aliphatic heterocycles. The summed E-state index contributed by atoms with van der Waals surface area (Å²) >= 11 is 12.2. The van der Waals surface area contributed by atoms with Crippen molar-refractivity contribution in [2.75, 3.05) is 20.1 Å². The van der Waals surface area contributed by atoms with Crippen LogP contribution in [0.2, 0.25) is 10.0 Å². The fourth-order valence-corrected chi connectivity index (χ4v) is 6.11. The molecule has 0 aliphatic carbocycles. The van der Waals surface area contributed by atoms with Gasteiger partial charge in [-0.15, -0.1) is 0 Å². The molecule has 0 unspecified atom stereocenters. The number of nitriles is 1. The summed E-state index contributed by atoms with van der Waals surface area (Å²) < 4.78 is 27.3. The van der Waals surface area contributed by atoms with Crippen molar-refractivity contribution in [1.82, 2.24) is 9.21 Å². The number of amides is 1. The molecule has 9 heteroatoms. The van der Waals surface area contributed by atoms with Crippen LogP contribution in [0.25, 0.3) is 0 Å². The van der Waals surface area contributed by atoms with Crippen LogP contribution in [0.3, 0.4) is 0 Å². The largest absolute Gasteiger partial charge is 0.341 e. The summed E-state index contributed by atoms with van der Waals surface area (Å²) in [6.07, 6.45) is 0.857. The molecule has 1 amide bonds. The normalized spacial score (nSPS) is 15.5. The van der Waals surface area contributed by atoms with Gasteiger partial charge in [-0.05, 0) is 42.7 Å². The van der Waals surface area contributed by atoms with E-state index in [0.29, 0.717) is 24.9 Å². The summed E-state index contributed by atoms with van der Waals surface area (Å²) in [6.45, 7) is 0.883. The summed E-state index contributed by atoms with van der Waals surface area (Å²) in [6, 6.07) is 13.7. The highest BCUT2D eigenvalue weighted by molar-refractivity contribution is 7.89. The number of hydrogen-bond donors (Lipinski definition) is 0. The molecule has 0 spiro atoms. The third kappa shape index (κ3) is 4.79. The fraction of sp³-hybridized carbons (Fsp3) is 0.333. The Morgan fingerprint density at radius 1 is 1.13 bits per heavy atom. The lowest BCUT2D eigenvalue weighted by atomic mass is 9.96. The average Bonchev–Trinajstić information content (AvgIpc) is 2.73. The highest BCUT2D eigenvalue weighted by Gasteiger charge is 2.35. The van der Waals surface area contributed by atoms with Crippen LogP contribution in [0.5, 0.6) is 0 Å². The first-order valence-corrected chi connectivity index (χ1v) is 11.6. The summed E-state index contributed by atoms with van der Waals surface area (Å²) in [4.78, 5) is 14.4. The van der Waals surface area contributed by atoms with Crippen molar-refractivity contribution >= 4 is 39.1 Å². The van der Waals surface area contributed by atoms with Gasteiger partial charge in [0.25, 0.3) is 0 Å². The SMILES string of the molecule is CN(Cc1ccc(C#N)cc1)C(=O)C1CCN(S(=O)(=O)c2c(Cl)cccc2Cl)CC1. The van der Waals surface area contributed by atoms with Crippen LogP contribution >= 0.6 is 23.2 Å². The quantitative estimate of drug-likeness (QED) is 0.669. The Bertz CT molecular complexity index is 1050. The zero-order valence-electron chi connectivity index (χ0n) is 16.4. The van der Waals surface area contributed by atoms with Gasteiger partial charge in [0, 0.05) is 32.6 Å². The third-order valence-electron chi connectivity index (χ3n) is 5.20. The molecule has 0 N–H and O–H groups in total. The van der Waals surface area contributed by atoms with E-state index in [-0.39, 0.29) is 39.9 Å². The second-order valence-electron chi connectivity index (χ2n) is 7.23. The van der Waals surface area contributed by atoms with Crippen molar-refractivity contribution in [2.24, 2.45) is 5.92 Å². The smallest absolute Gasteiger partial charge is 0.246 e. The van der Waals surface area contributed by atoms with Crippen LogP contribution in [-0.2, 0) is 21.4 Å². The monoisotopic (exact) mass is 465 g/mol. The fourth-order valence-electron chi connectivity index (χ4n) is 3.55. The molecule has 2 aromatic carbocycles. The van der Waals surface area contributed by atoms with Crippen molar-refractivity contribution < 1.29 is 13.2 Å². The van der Waals surface area contributed by atoms with Crippen molar-refractivity contribution in [1.29, 1.82) is 5.26 Å².